The van der Waals surface area contributed by atoms with Gasteiger partial charge in [-0.15, -0.1) is 0 Å². The summed E-state index contributed by atoms with van der Waals surface area (Å²) in [5, 5.41) is 6.12. The lowest BCUT2D eigenvalue weighted by Crippen LogP contribution is -2.26. The van der Waals surface area contributed by atoms with E-state index in [0.717, 1.165) is 49.2 Å². The Morgan fingerprint density at radius 1 is 1.21 bits per heavy atom. The van der Waals surface area contributed by atoms with Crippen molar-refractivity contribution in [1.82, 2.24) is 10.6 Å². The molecule has 2 N–H and O–H groups in total. The Hall–Kier alpha value is -1.00. The van der Waals surface area contributed by atoms with Gasteiger partial charge in [0.25, 0.3) is 5.91 Å². The maximum absolute atomic E-state index is 12.1. The van der Waals surface area contributed by atoms with E-state index in [4.69, 9.17) is 0 Å². The number of rotatable bonds is 9. The van der Waals surface area contributed by atoms with Crippen LogP contribution in [0.4, 0.5) is 0 Å². The van der Waals surface area contributed by atoms with Crippen LogP contribution in [0.15, 0.2) is 24.3 Å². The molecule has 0 heterocycles. The van der Waals surface area contributed by atoms with Crippen LogP contribution in [0.1, 0.15) is 28.8 Å². The minimum absolute atomic E-state index is 0.0517. The van der Waals surface area contributed by atoms with Crippen molar-refractivity contribution < 1.29 is 4.79 Å². The van der Waals surface area contributed by atoms with E-state index in [1.807, 2.05) is 43.1 Å². The first-order valence-electron chi connectivity index (χ1n) is 6.79. The molecule has 0 aliphatic carbocycles. The standard InChI is InChI=1S/C15H24N2OS/c1-16-11-9-13-7-3-4-8-14(13)15(18)17-10-5-6-12-19-2/h3-4,7-8,16H,5-6,9-12H2,1-2H3,(H,17,18). The predicted octanol–water partition coefficient (Wildman–Crippen LogP) is 2.32. The van der Waals surface area contributed by atoms with Crippen LogP contribution in [0.2, 0.25) is 0 Å². The highest BCUT2D eigenvalue weighted by molar-refractivity contribution is 7.98. The van der Waals surface area contributed by atoms with E-state index in [0.29, 0.717) is 0 Å². The van der Waals surface area contributed by atoms with Gasteiger partial charge in [-0.2, -0.15) is 11.8 Å². The van der Waals surface area contributed by atoms with Crippen molar-refractivity contribution in [2.24, 2.45) is 0 Å². The van der Waals surface area contributed by atoms with Crippen LogP contribution in [-0.2, 0) is 6.42 Å². The highest BCUT2D eigenvalue weighted by atomic mass is 32.2. The zero-order valence-corrected chi connectivity index (χ0v) is 12.7. The van der Waals surface area contributed by atoms with E-state index in [9.17, 15) is 4.79 Å². The summed E-state index contributed by atoms with van der Waals surface area (Å²) in [7, 11) is 1.93. The molecule has 0 bridgehead atoms. The van der Waals surface area contributed by atoms with Crippen molar-refractivity contribution >= 4 is 17.7 Å². The smallest absolute Gasteiger partial charge is 0.251 e. The highest BCUT2D eigenvalue weighted by Crippen LogP contribution is 2.09. The second-order valence-electron chi connectivity index (χ2n) is 4.47. The van der Waals surface area contributed by atoms with Crippen molar-refractivity contribution in [3.8, 4) is 0 Å². The van der Waals surface area contributed by atoms with Crippen molar-refractivity contribution in [2.75, 3.05) is 32.1 Å². The molecule has 0 aliphatic rings. The summed E-state index contributed by atoms with van der Waals surface area (Å²) in [6.07, 6.45) is 5.19. The summed E-state index contributed by atoms with van der Waals surface area (Å²) in [5.74, 6) is 1.21. The highest BCUT2D eigenvalue weighted by Gasteiger charge is 2.09. The van der Waals surface area contributed by atoms with Gasteiger partial charge in [0.1, 0.15) is 0 Å². The van der Waals surface area contributed by atoms with Gasteiger partial charge in [0, 0.05) is 12.1 Å². The average Bonchev–Trinajstić information content (AvgIpc) is 2.45. The third kappa shape index (κ3) is 6.12. The molecule has 1 amide bonds. The number of nitrogens with one attached hydrogen (secondary N) is 2. The molecule has 3 nitrogen and oxygen atoms in total. The summed E-state index contributed by atoms with van der Waals surface area (Å²) in [6.45, 7) is 1.65. The lowest BCUT2D eigenvalue weighted by Gasteiger charge is -2.10. The van der Waals surface area contributed by atoms with Gasteiger partial charge in [0.05, 0.1) is 0 Å². The number of unbranched alkanes of at least 4 members (excludes halogenated alkanes) is 1. The molecule has 0 aromatic heterocycles. The van der Waals surface area contributed by atoms with E-state index in [1.165, 1.54) is 0 Å². The molecular weight excluding hydrogens is 256 g/mol. The zero-order valence-electron chi connectivity index (χ0n) is 11.9. The number of carbonyl (C=O) groups excluding carboxylic acids is 1. The first-order chi connectivity index (χ1) is 9.29. The van der Waals surface area contributed by atoms with E-state index in [2.05, 4.69) is 16.9 Å². The number of hydrogen-bond donors (Lipinski definition) is 2. The maximum atomic E-state index is 12.1. The first-order valence-corrected chi connectivity index (χ1v) is 8.18. The molecule has 0 saturated heterocycles. The molecule has 4 heteroatoms. The molecule has 0 fully saturated rings. The Balaban J connectivity index is 2.46. The van der Waals surface area contributed by atoms with E-state index >= 15 is 0 Å². The SMILES string of the molecule is CNCCc1ccccc1C(=O)NCCCCSC. The number of amides is 1. The van der Waals surface area contributed by atoms with Gasteiger partial charge in [-0.1, -0.05) is 18.2 Å². The van der Waals surface area contributed by atoms with Gasteiger partial charge >= 0.3 is 0 Å². The van der Waals surface area contributed by atoms with Gasteiger partial charge < -0.3 is 10.6 Å². The van der Waals surface area contributed by atoms with Crippen LogP contribution in [-0.4, -0.2) is 38.1 Å². The van der Waals surface area contributed by atoms with Gasteiger partial charge in [0.15, 0.2) is 0 Å². The van der Waals surface area contributed by atoms with Crippen LogP contribution in [0.25, 0.3) is 0 Å². The van der Waals surface area contributed by atoms with Crippen LogP contribution >= 0.6 is 11.8 Å². The summed E-state index contributed by atoms with van der Waals surface area (Å²) in [5.41, 5.74) is 1.92. The summed E-state index contributed by atoms with van der Waals surface area (Å²) >= 11 is 1.85. The maximum Gasteiger partial charge on any atom is 0.251 e. The average molecular weight is 280 g/mol. The van der Waals surface area contributed by atoms with E-state index in [1.54, 1.807) is 0 Å². The van der Waals surface area contributed by atoms with E-state index in [-0.39, 0.29) is 5.91 Å². The lowest BCUT2D eigenvalue weighted by atomic mass is 10.0. The van der Waals surface area contributed by atoms with Crippen LogP contribution in [0.3, 0.4) is 0 Å². The molecule has 0 unspecified atom stereocenters. The second kappa shape index (κ2) is 9.87. The predicted molar refractivity (Wildman–Crippen MR) is 84.0 cm³/mol. The molecule has 106 valence electrons. The van der Waals surface area contributed by atoms with Gasteiger partial charge in [-0.3, -0.25) is 4.79 Å². The molecule has 0 atom stereocenters. The molecule has 0 saturated carbocycles. The molecule has 0 aliphatic heterocycles. The van der Waals surface area contributed by atoms with Crippen LogP contribution in [0.5, 0.6) is 0 Å². The van der Waals surface area contributed by atoms with E-state index < -0.39 is 0 Å². The zero-order chi connectivity index (χ0) is 13.9. The fourth-order valence-electron chi connectivity index (χ4n) is 1.89. The topological polar surface area (TPSA) is 41.1 Å². The number of likely N-dealkylation sites (N-methyl/N-ethyl adjacent to an activating group) is 1. The molecular formula is C15H24N2OS. The number of carbonyl (C=O) groups is 1. The second-order valence-corrected chi connectivity index (χ2v) is 5.45. The monoisotopic (exact) mass is 280 g/mol. The van der Waals surface area contributed by atoms with Crippen molar-refractivity contribution in [3.63, 3.8) is 0 Å². The minimum atomic E-state index is 0.0517. The largest absolute Gasteiger partial charge is 0.352 e. The quantitative estimate of drug-likeness (QED) is 0.682. The third-order valence-corrected chi connectivity index (χ3v) is 3.66. The van der Waals surface area contributed by atoms with Gasteiger partial charge in [-0.05, 0) is 56.5 Å². The normalized spacial score (nSPS) is 10.4. The fourth-order valence-corrected chi connectivity index (χ4v) is 2.38. The number of benzene rings is 1. The molecule has 1 aromatic rings. The summed E-state index contributed by atoms with van der Waals surface area (Å²) in [6, 6.07) is 7.84. The van der Waals surface area contributed by atoms with Crippen molar-refractivity contribution in [2.45, 2.75) is 19.3 Å². The summed E-state index contributed by atoms with van der Waals surface area (Å²) < 4.78 is 0. The van der Waals surface area contributed by atoms with Crippen LogP contribution in [0, 0.1) is 0 Å². The molecule has 0 radical (unpaired) electrons. The third-order valence-electron chi connectivity index (χ3n) is 2.97. The Morgan fingerprint density at radius 2 is 2.00 bits per heavy atom. The van der Waals surface area contributed by atoms with Gasteiger partial charge in [0.2, 0.25) is 0 Å². The Morgan fingerprint density at radius 3 is 2.74 bits per heavy atom. The van der Waals surface area contributed by atoms with Crippen molar-refractivity contribution in [1.29, 1.82) is 0 Å². The molecule has 0 spiro atoms. The Bertz CT molecular complexity index is 382. The molecule has 1 rings (SSSR count). The fraction of sp³-hybridized carbons (Fsp3) is 0.533. The molecule has 1 aromatic carbocycles. The lowest BCUT2D eigenvalue weighted by molar-refractivity contribution is 0.0952. The van der Waals surface area contributed by atoms with Crippen LogP contribution < -0.4 is 10.6 Å². The Kier molecular flexibility index (Phi) is 8.34. The molecule has 19 heavy (non-hydrogen) atoms. The first kappa shape index (κ1) is 16.1. The van der Waals surface area contributed by atoms with Crippen molar-refractivity contribution in [3.05, 3.63) is 35.4 Å². The Labute approximate surface area is 120 Å². The number of thioether (sulfide) groups is 1. The van der Waals surface area contributed by atoms with Gasteiger partial charge in [-0.25, -0.2) is 0 Å². The number of hydrogen-bond acceptors (Lipinski definition) is 3. The minimum Gasteiger partial charge on any atom is -0.352 e. The summed E-state index contributed by atoms with van der Waals surface area (Å²) in [4.78, 5) is 12.1.